The van der Waals surface area contributed by atoms with Crippen molar-refractivity contribution in [1.29, 1.82) is 0 Å². The van der Waals surface area contributed by atoms with Gasteiger partial charge in [-0.15, -0.1) is 0 Å². The van der Waals surface area contributed by atoms with E-state index in [1.165, 1.54) is 41.3 Å². The number of carbonyl (C=O) groups excluding carboxylic acids is 5. The van der Waals surface area contributed by atoms with E-state index in [2.05, 4.69) is 0 Å². The van der Waals surface area contributed by atoms with Crippen LogP contribution in [-0.2, 0) is 25.7 Å². The Morgan fingerprint density at radius 1 is 0.826 bits per heavy atom. The molecule has 2 fully saturated rings. The number of piperazine rings is 1. The summed E-state index contributed by atoms with van der Waals surface area (Å²) in [6.45, 7) is 0.864. The number of nitro groups is 1. The number of unbranched alkanes of at least 4 members (excludes halogenated alkanes) is 1. The zero-order chi connectivity index (χ0) is 32.6. The highest BCUT2D eigenvalue weighted by Crippen LogP contribution is 2.37. The molecule has 5 rings (SSSR count). The highest BCUT2D eigenvalue weighted by molar-refractivity contribution is 8.76. The monoisotopic (exact) mass is 670 g/mol. The standard InChI is InChI=1S/C30H30N4O10S2/c35-26(3-1-2-14-33-27(36)12-13-28(33)37)31-15-16-32(25-19-46-45-18-24(25)31)29(38)43-22-8-4-20(5-9-22)17-42-30(39)44-23-10-6-21(7-11-23)34(40)41/h4-13,24-25H,1-3,14-19H2/t24-,25?/m1/s1. The van der Waals surface area contributed by atoms with Gasteiger partial charge in [0.1, 0.15) is 18.1 Å². The van der Waals surface area contributed by atoms with Crippen molar-refractivity contribution >= 4 is 57.2 Å². The lowest BCUT2D eigenvalue weighted by Crippen LogP contribution is -2.65. The molecule has 0 spiro atoms. The average molecular weight is 671 g/mol. The highest BCUT2D eigenvalue weighted by atomic mass is 33.1. The summed E-state index contributed by atoms with van der Waals surface area (Å²) < 4.78 is 15.8. The summed E-state index contributed by atoms with van der Waals surface area (Å²) in [5, 5.41) is 10.7. The largest absolute Gasteiger partial charge is 0.514 e. The first kappa shape index (κ1) is 32.8. The number of imide groups is 1. The molecule has 2 aromatic rings. The number of fused-ring (bicyclic) bond motifs is 1. The van der Waals surface area contributed by atoms with Gasteiger partial charge in [0.15, 0.2) is 0 Å². The number of amides is 4. The van der Waals surface area contributed by atoms with Crippen molar-refractivity contribution in [2.24, 2.45) is 0 Å². The molecule has 0 saturated carbocycles. The summed E-state index contributed by atoms with van der Waals surface area (Å²) in [5.74, 6) is 1.06. The summed E-state index contributed by atoms with van der Waals surface area (Å²) in [7, 11) is 3.31. The van der Waals surface area contributed by atoms with Gasteiger partial charge in [-0.25, -0.2) is 9.59 Å². The van der Waals surface area contributed by atoms with Crippen LogP contribution in [0.2, 0.25) is 0 Å². The second-order valence-electron chi connectivity index (χ2n) is 10.5. The molecule has 0 aliphatic carbocycles. The van der Waals surface area contributed by atoms with Crippen molar-refractivity contribution < 1.29 is 43.1 Å². The Kier molecular flexibility index (Phi) is 10.8. The summed E-state index contributed by atoms with van der Waals surface area (Å²) in [6, 6.07) is 11.1. The Morgan fingerprint density at radius 3 is 2.07 bits per heavy atom. The van der Waals surface area contributed by atoms with E-state index in [1.807, 2.05) is 4.90 Å². The van der Waals surface area contributed by atoms with E-state index >= 15 is 0 Å². The number of nitro benzene ring substituents is 1. The second-order valence-corrected chi connectivity index (χ2v) is 13.1. The van der Waals surface area contributed by atoms with Crippen LogP contribution in [0.15, 0.2) is 60.7 Å². The summed E-state index contributed by atoms with van der Waals surface area (Å²) in [5.41, 5.74) is 0.480. The fourth-order valence-electron chi connectivity index (χ4n) is 5.19. The minimum absolute atomic E-state index is 0.0119. The van der Waals surface area contributed by atoms with E-state index in [4.69, 9.17) is 14.2 Å². The fourth-order valence-corrected chi connectivity index (χ4v) is 7.88. The third kappa shape index (κ3) is 8.17. The van der Waals surface area contributed by atoms with Crippen LogP contribution in [0, 0.1) is 10.1 Å². The lowest BCUT2D eigenvalue weighted by Gasteiger charge is -2.48. The maximum Gasteiger partial charge on any atom is 0.514 e. The highest BCUT2D eigenvalue weighted by Gasteiger charge is 2.43. The normalized spacial score (nSPS) is 19.1. The van der Waals surface area contributed by atoms with Gasteiger partial charge in [-0.05, 0) is 42.7 Å². The van der Waals surface area contributed by atoms with Crippen molar-refractivity contribution in [1.82, 2.24) is 14.7 Å². The lowest BCUT2D eigenvalue weighted by atomic mass is 10.0. The van der Waals surface area contributed by atoms with Crippen LogP contribution in [0.5, 0.6) is 11.5 Å². The Morgan fingerprint density at radius 2 is 1.41 bits per heavy atom. The summed E-state index contributed by atoms with van der Waals surface area (Å²) in [4.78, 5) is 76.7. The molecular weight excluding hydrogens is 640 g/mol. The number of hydrogen-bond acceptors (Lipinski definition) is 12. The third-order valence-corrected chi connectivity index (χ3v) is 10.0. The molecule has 0 bridgehead atoms. The van der Waals surface area contributed by atoms with E-state index in [9.17, 15) is 34.1 Å². The molecule has 3 aliphatic heterocycles. The van der Waals surface area contributed by atoms with Crippen molar-refractivity contribution in [3.8, 4) is 11.5 Å². The number of hydrogen-bond donors (Lipinski definition) is 0. The average Bonchev–Trinajstić information content (AvgIpc) is 3.38. The van der Waals surface area contributed by atoms with Crippen molar-refractivity contribution in [2.75, 3.05) is 31.1 Å². The van der Waals surface area contributed by atoms with Crippen LogP contribution >= 0.6 is 21.6 Å². The van der Waals surface area contributed by atoms with Gasteiger partial charge >= 0.3 is 12.2 Å². The maximum absolute atomic E-state index is 13.2. The Hall–Kier alpha value is -4.57. The van der Waals surface area contributed by atoms with Crippen LogP contribution in [0.25, 0.3) is 0 Å². The molecule has 1 unspecified atom stereocenters. The maximum atomic E-state index is 13.2. The van der Waals surface area contributed by atoms with Crippen LogP contribution in [-0.4, -0.2) is 92.8 Å². The zero-order valence-corrected chi connectivity index (χ0v) is 26.1. The molecule has 0 aromatic heterocycles. The van der Waals surface area contributed by atoms with Gasteiger partial charge in [-0.2, -0.15) is 0 Å². The summed E-state index contributed by atoms with van der Waals surface area (Å²) >= 11 is 0. The van der Waals surface area contributed by atoms with Gasteiger partial charge in [0, 0.05) is 61.8 Å². The van der Waals surface area contributed by atoms with E-state index in [0.717, 1.165) is 0 Å². The smallest absolute Gasteiger partial charge is 0.429 e. The fraction of sp³-hybridized carbons (Fsp3) is 0.367. The van der Waals surface area contributed by atoms with Gasteiger partial charge < -0.3 is 24.0 Å². The predicted molar refractivity (Wildman–Crippen MR) is 167 cm³/mol. The minimum atomic E-state index is -0.979. The number of rotatable bonds is 10. The first-order valence-corrected chi connectivity index (χ1v) is 16.9. The predicted octanol–water partition coefficient (Wildman–Crippen LogP) is 4.18. The van der Waals surface area contributed by atoms with Gasteiger partial charge in [0.05, 0.1) is 17.0 Å². The SMILES string of the molecule is O=C(OCc1ccc(OC(=O)N2CCN(C(=O)CCCCN3C(=O)C=CC3=O)[C@@H]3CSSCC32)cc1)Oc1ccc([N+](=O)[O-])cc1. The molecule has 2 saturated heterocycles. The zero-order valence-electron chi connectivity index (χ0n) is 24.5. The first-order valence-electron chi connectivity index (χ1n) is 14.4. The molecular formula is C30H30N4O10S2. The Bertz CT molecular complexity index is 1500. The third-order valence-electron chi connectivity index (χ3n) is 7.60. The second kappa shape index (κ2) is 15.1. The molecule has 46 heavy (non-hydrogen) atoms. The number of carbonyl (C=O) groups is 5. The lowest BCUT2D eigenvalue weighted by molar-refractivity contribution is -0.384. The van der Waals surface area contributed by atoms with E-state index < -0.39 is 17.2 Å². The van der Waals surface area contributed by atoms with E-state index in [0.29, 0.717) is 55.2 Å². The number of ether oxygens (including phenoxy) is 3. The molecule has 3 heterocycles. The van der Waals surface area contributed by atoms with Gasteiger partial charge in [0.2, 0.25) is 5.91 Å². The molecule has 2 aromatic carbocycles. The Labute approximate surface area is 271 Å². The number of nitrogens with zero attached hydrogens (tertiary/aromatic N) is 4. The molecule has 2 atom stereocenters. The molecule has 4 amide bonds. The quantitative estimate of drug-likeness (QED) is 0.0674. The van der Waals surface area contributed by atoms with Crippen LogP contribution in [0.3, 0.4) is 0 Å². The van der Waals surface area contributed by atoms with Gasteiger partial charge in [-0.3, -0.25) is 29.4 Å². The molecule has 0 radical (unpaired) electrons. The summed E-state index contributed by atoms with van der Waals surface area (Å²) in [6.07, 6.45) is 2.37. The number of non-ortho nitro benzene ring substituents is 1. The molecule has 16 heteroatoms. The topological polar surface area (TPSA) is 166 Å². The number of benzene rings is 2. The molecule has 3 aliphatic rings. The van der Waals surface area contributed by atoms with E-state index in [-0.39, 0.29) is 54.4 Å². The minimum Gasteiger partial charge on any atom is -0.429 e. The van der Waals surface area contributed by atoms with Crippen LogP contribution in [0.1, 0.15) is 24.8 Å². The van der Waals surface area contributed by atoms with Crippen molar-refractivity contribution in [3.05, 3.63) is 76.4 Å². The van der Waals surface area contributed by atoms with Gasteiger partial charge in [-0.1, -0.05) is 33.7 Å². The molecule has 14 nitrogen and oxygen atoms in total. The Balaban J connectivity index is 1.07. The van der Waals surface area contributed by atoms with Crippen LogP contribution in [0.4, 0.5) is 15.3 Å². The van der Waals surface area contributed by atoms with Crippen LogP contribution < -0.4 is 9.47 Å². The molecule has 0 N–H and O–H groups in total. The van der Waals surface area contributed by atoms with Gasteiger partial charge in [0.25, 0.3) is 17.5 Å². The first-order chi connectivity index (χ1) is 22.2. The van der Waals surface area contributed by atoms with Crippen molar-refractivity contribution in [3.63, 3.8) is 0 Å². The van der Waals surface area contributed by atoms with E-state index in [1.54, 1.807) is 50.8 Å². The molecule has 242 valence electrons. The van der Waals surface area contributed by atoms with Crippen molar-refractivity contribution in [2.45, 2.75) is 38.0 Å².